The molecule has 2 N–H and O–H groups in total. The van der Waals surface area contributed by atoms with Crippen LogP contribution in [0.3, 0.4) is 0 Å². The summed E-state index contributed by atoms with van der Waals surface area (Å²) in [6, 6.07) is 9.53. The Bertz CT molecular complexity index is 581. The first-order valence-corrected chi connectivity index (χ1v) is 7.30. The van der Waals surface area contributed by atoms with E-state index in [-0.39, 0.29) is 19.3 Å². The number of hydrogen-bond acceptors (Lipinski definition) is 6. The highest BCUT2D eigenvalue weighted by molar-refractivity contribution is 5.53. The van der Waals surface area contributed by atoms with Gasteiger partial charge in [-0.15, -0.1) is 0 Å². The van der Waals surface area contributed by atoms with Crippen molar-refractivity contribution in [3.63, 3.8) is 0 Å². The van der Waals surface area contributed by atoms with Crippen LogP contribution in [-0.2, 0) is 0 Å². The molecule has 0 radical (unpaired) electrons. The minimum atomic E-state index is -0.564. The van der Waals surface area contributed by atoms with E-state index in [2.05, 4.69) is 10.1 Å². The van der Waals surface area contributed by atoms with Gasteiger partial charge in [0.15, 0.2) is 0 Å². The zero-order chi connectivity index (χ0) is 16.2. The van der Waals surface area contributed by atoms with E-state index in [9.17, 15) is 10.2 Å². The van der Waals surface area contributed by atoms with Crippen molar-refractivity contribution in [1.29, 1.82) is 0 Å². The van der Waals surface area contributed by atoms with Crippen LogP contribution in [0.4, 0.5) is 0 Å². The van der Waals surface area contributed by atoms with Gasteiger partial charge in [-0.3, -0.25) is 4.90 Å². The van der Waals surface area contributed by atoms with Gasteiger partial charge < -0.3 is 14.7 Å². The van der Waals surface area contributed by atoms with Gasteiger partial charge in [0.25, 0.3) is 0 Å². The number of aliphatic hydroxyl groups is 2. The lowest BCUT2D eigenvalue weighted by Gasteiger charge is -2.32. The van der Waals surface area contributed by atoms with E-state index < -0.39 is 5.41 Å². The molecule has 0 aliphatic heterocycles. The molecule has 1 unspecified atom stereocenters. The Morgan fingerprint density at radius 2 is 1.86 bits per heavy atom. The number of aliphatic hydroxyl groups excluding tert-OH is 2. The Hall–Kier alpha value is -1.76. The minimum absolute atomic E-state index is 0.0837. The molecule has 1 aromatic carbocycles. The Morgan fingerprint density at radius 3 is 2.45 bits per heavy atom. The number of rotatable bonds is 7. The van der Waals surface area contributed by atoms with Crippen LogP contribution in [0.1, 0.15) is 25.8 Å². The van der Waals surface area contributed by atoms with E-state index >= 15 is 0 Å². The van der Waals surface area contributed by atoms with Gasteiger partial charge in [-0.25, -0.2) is 0 Å². The van der Waals surface area contributed by atoms with Gasteiger partial charge in [-0.2, -0.15) is 4.98 Å². The first kappa shape index (κ1) is 16.6. The molecule has 0 bridgehead atoms. The van der Waals surface area contributed by atoms with Gasteiger partial charge in [0.2, 0.25) is 11.7 Å². The Morgan fingerprint density at radius 1 is 1.23 bits per heavy atom. The number of hydrogen-bond donors (Lipinski definition) is 2. The highest BCUT2D eigenvalue weighted by Crippen LogP contribution is 2.25. The molecular formula is C16H23N3O3. The molecule has 0 aliphatic carbocycles. The smallest absolute Gasteiger partial charge is 0.244 e. The second kappa shape index (κ2) is 7.00. The van der Waals surface area contributed by atoms with Crippen molar-refractivity contribution in [3.8, 4) is 11.4 Å². The maximum absolute atomic E-state index is 9.40. The van der Waals surface area contributed by atoms with Crippen molar-refractivity contribution in [2.24, 2.45) is 5.41 Å². The van der Waals surface area contributed by atoms with Crippen LogP contribution < -0.4 is 0 Å². The van der Waals surface area contributed by atoms with Gasteiger partial charge in [-0.05, 0) is 14.0 Å². The third-order valence-corrected chi connectivity index (χ3v) is 3.89. The van der Waals surface area contributed by atoms with Gasteiger partial charge >= 0.3 is 0 Å². The third kappa shape index (κ3) is 3.71. The molecule has 0 saturated heterocycles. The second-order valence-corrected chi connectivity index (χ2v) is 6.04. The van der Waals surface area contributed by atoms with E-state index in [0.717, 1.165) is 5.56 Å². The van der Waals surface area contributed by atoms with Gasteiger partial charge in [-0.1, -0.05) is 42.4 Å². The SMILES string of the molecule is CC(c1nc(-c2ccccc2)no1)N(C)CC(C)(CO)CO. The fourth-order valence-corrected chi connectivity index (χ4v) is 2.19. The maximum atomic E-state index is 9.40. The summed E-state index contributed by atoms with van der Waals surface area (Å²) >= 11 is 0. The molecule has 1 aromatic heterocycles. The summed E-state index contributed by atoms with van der Waals surface area (Å²) in [6.45, 7) is 4.14. The number of nitrogens with zero attached hydrogens (tertiary/aromatic N) is 3. The van der Waals surface area contributed by atoms with Crippen LogP contribution >= 0.6 is 0 Å². The molecule has 6 nitrogen and oxygen atoms in total. The summed E-state index contributed by atoms with van der Waals surface area (Å²) in [7, 11) is 1.90. The van der Waals surface area contributed by atoms with Gasteiger partial charge in [0.05, 0.1) is 19.3 Å². The van der Waals surface area contributed by atoms with Crippen molar-refractivity contribution >= 4 is 0 Å². The molecule has 0 saturated carbocycles. The van der Waals surface area contributed by atoms with E-state index in [1.54, 1.807) is 0 Å². The zero-order valence-corrected chi connectivity index (χ0v) is 13.2. The fraction of sp³-hybridized carbons (Fsp3) is 0.500. The zero-order valence-electron chi connectivity index (χ0n) is 13.2. The van der Waals surface area contributed by atoms with Crippen LogP contribution in [0.25, 0.3) is 11.4 Å². The molecule has 22 heavy (non-hydrogen) atoms. The summed E-state index contributed by atoms with van der Waals surface area (Å²) in [5, 5.41) is 22.8. The molecule has 1 heterocycles. The van der Waals surface area contributed by atoms with E-state index in [0.29, 0.717) is 18.3 Å². The summed E-state index contributed by atoms with van der Waals surface area (Å²) in [4.78, 5) is 6.42. The maximum Gasteiger partial charge on any atom is 0.244 e. The normalized spacial score (nSPS) is 13.5. The third-order valence-electron chi connectivity index (χ3n) is 3.89. The molecule has 2 rings (SSSR count). The van der Waals surface area contributed by atoms with Crippen LogP contribution in [0.15, 0.2) is 34.9 Å². The quantitative estimate of drug-likeness (QED) is 0.810. The second-order valence-electron chi connectivity index (χ2n) is 6.04. The average molecular weight is 305 g/mol. The Balaban J connectivity index is 2.10. The van der Waals surface area contributed by atoms with E-state index in [1.807, 2.05) is 56.1 Å². The summed E-state index contributed by atoms with van der Waals surface area (Å²) in [5.74, 6) is 1.07. The molecule has 2 aromatic rings. The van der Waals surface area contributed by atoms with E-state index in [1.165, 1.54) is 0 Å². The Labute approximate surface area is 130 Å². The minimum Gasteiger partial charge on any atom is -0.396 e. The average Bonchev–Trinajstić information content (AvgIpc) is 3.04. The molecule has 6 heteroatoms. The number of benzene rings is 1. The fourth-order valence-electron chi connectivity index (χ4n) is 2.19. The molecule has 0 fully saturated rings. The van der Waals surface area contributed by atoms with Crippen molar-refractivity contribution in [2.75, 3.05) is 26.8 Å². The van der Waals surface area contributed by atoms with Crippen LogP contribution in [0.5, 0.6) is 0 Å². The highest BCUT2D eigenvalue weighted by atomic mass is 16.5. The summed E-state index contributed by atoms with van der Waals surface area (Å²) in [5.41, 5.74) is 0.341. The predicted octanol–water partition coefficient (Wildman–Crippen LogP) is 1.72. The van der Waals surface area contributed by atoms with Crippen molar-refractivity contribution in [2.45, 2.75) is 19.9 Å². The first-order chi connectivity index (χ1) is 10.5. The highest BCUT2D eigenvalue weighted by Gasteiger charge is 2.28. The lowest BCUT2D eigenvalue weighted by atomic mass is 9.92. The van der Waals surface area contributed by atoms with Crippen molar-refractivity contribution in [1.82, 2.24) is 15.0 Å². The van der Waals surface area contributed by atoms with Crippen LogP contribution in [0.2, 0.25) is 0 Å². The predicted molar refractivity (Wildman–Crippen MR) is 83.1 cm³/mol. The van der Waals surface area contributed by atoms with Gasteiger partial charge in [0, 0.05) is 17.5 Å². The lowest BCUT2D eigenvalue weighted by Crippen LogP contribution is -2.40. The van der Waals surface area contributed by atoms with Crippen LogP contribution in [0, 0.1) is 5.41 Å². The van der Waals surface area contributed by atoms with Crippen LogP contribution in [-0.4, -0.2) is 52.1 Å². The monoisotopic (exact) mass is 305 g/mol. The largest absolute Gasteiger partial charge is 0.396 e. The molecule has 0 aliphatic rings. The summed E-state index contributed by atoms with van der Waals surface area (Å²) in [6.07, 6.45) is 0. The molecule has 0 amide bonds. The standard InChI is InChI=1S/C16H23N3O3/c1-12(19(3)9-16(2,10-20)11-21)15-17-14(18-22-15)13-7-5-4-6-8-13/h4-8,12,20-21H,9-11H2,1-3H3. The number of aromatic nitrogens is 2. The summed E-state index contributed by atoms with van der Waals surface area (Å²) < 4.78 is 5.36. The van der Waals surface area contributed by atoms with Crippen molar-refractivity contribution < 1.29 is 14.7 Å². The molecule has 1 atom stereocenters. The Kier molecular flexibility index (Phi) is 5.28. The topological polar surface area (TPSA) is 82.6 Å². The molecule has 120 valence electrons. The first-order valence-electron chi connectivity index (χ1n) is 7.30. The lowest BCUT2D eigenvalue weighted by molar-refractivity contribution is 0.0287. The van der Waals surface area contributed by atoms with Gasteiger partial charge in [0.1, 0.15) is 0 Å². The molecular weight excluding hydrogens is 282 g/mol. The van der Waals surface area contributed by atoms with Crippen molar-refractivity contribution in [3.05, 3.63) is 36.2 Å². The molecule has 0 spiro atoms. The van der Waals surface area contributed by atoms with E-state index in [4.69, 9.17) is 4.52 Å².